The summed E-state index contributed by atoms with van der Waals surface area (Å²) < 4.78 is 16.2. The van der Waals surface area contributed by atoms with Gasteiger partial charge in [-0.05, 0) is 19.3 Å². The Labute approximate surface area is 114 Å². The Kier molecular flexibility index (Phi) is 5.79. The van der Waals surface area contributed by atoms with Gasteiger partial charge in [0.25, 0.3) is 0 Å². The molecule has 0 aliphatic carbocycles. The van der Waals surface area contributed by atoms with Gasteiger partial charge in [0.1, 0.15) is 6.10 Å². The van der Waals surface area contributed by atoms with Crippen LogP contribution in [0, 0.1) is 11.8 Å². The quantitative estimate of drug-likeness (QED) is 0.718. The number of carbonyl (C=O) groups is 2. The Bertz CT molecular complexity index is 328. The summed E-state index contributed by atoms with van der Waals surface area (Å²) in [6.45, 7) is 8.74. The second-order valence-corrected chi connectivity index (χ2v) is 5.25. The Morgan fingerprint density at radius 1 is 1.26 bits per heavy atom. The minimum Gasteiger partial charge on any atom is -0.462 e. The lowest BCUT2D eigenvalue weighted by Crippen LogP contribution is -2.32. The molecule has 5 nitrogen and oxygen atoms in total. The zero-order valence-electron chi connectivity index (χ0n) is 12.3. The van der Waals surface area contributed by atoms with Gasteiger partial charge in [0.15, 0.2) is 0 Å². The Hall–Kier alpha value is -1.10. The molecule has 0 spiro atoms. The molecule has 0 amide bonds. The summed E-state index contributed by atoms with van der Waals surface area (Å²) in [5.41, 5.74) is 0. The topological polar surface area (TPSA) is 61.8 Å². The van der Waals surface area contributed by atoms with Crippen LogP contribution in [0.1, 0.15) is 47.5 Å². The predicted octanol–water partition coefficient (Wildman–Crippen LogP) is 2.28. The van der Waals surface area contributed by atoms with Crippen molar-refractivity contribution in [2.45, 2.75) is 66.0 Å². The van der Waals surface area contributed by atoms with Crippen LogP contribution in [0.15, 0.2) is 0 Å². The van der Waals surface area contributed by atoms with Crippen molar-refractivity contribution >= 4 is 11.9 Å². The third-order valence-corrected chi connectivity index (χ3v) is 3.68. The van der Waals surface area contributed by atoms with E-state index in [0.29, 0.717) is 5.92 Å². The van der Waals surface area contributed by atoms with E-state index in [4.69, 9.17) is 14.2 Å². The normalized spacial score (nSPS) is 29.6. The third-order valence-electron chi connectivity index (χ3n) is 3.68. The fraction of sp³-hybridized carbons (Fsp3) is 0.857. The molecule has 1 rings (SSSR count). The minimum absolute atomic E-state index is 0.0392. The summed E-state index contributed by atoms with van der Waals surface area (Å²) >= 11 is 0. The van der Waals surface area contributed by atoms with E-state index in [9.17, 15) is 9.59 Å². The zero-order chi connectivity index (χ0) is 14.6. The van der Waals surface area contributed by atoms with Gasteiger partial charge >= 0.3 is 11.9 Å². The van der Waals surface area contributed by atoms with Gasteiger partial charge in [-0.3, -0.25) is 9.59 Å². The molecule has 5 heteroatoms. The molecule has 0 N–H and O–H groups in total. The number of carbonyl (C=O) groups excluding carboxylic acids is 2. The smallest absolute Gasteiger partial charge is 0.304 e. The number of esters is 2. The average molecular weight is 272 g/mol. The summed E-state index contributed by atoms with van der Waals surface area (Å²) in [7, 11) is 0. The number of ether oxygens (including phenoxy) is 3. The average Bonchev–Trinajstić information content (AvgIpc) is 2.70. The second kappa shape index (κ2) is 6.89. The first kappa shape index (κ1) is 16.0. The fourth-order valence-corrected chi connectivity index (χ4v) is 2.38. The number of rotatable bonds is 5. The molecule has 1 aliphatic heterocycles. The molecule has 19 heavy (non-hydrogen) atoms. The largest absolute Gasteiger partial charge is 0.462 e. The number of hydrogen-bond donors (Lipinski definition) is 0. The molecule has 0 saturated carbocycles. The van der Waals surface area contributed by atoms with Gasteiger partial charge in [-0.2, -0.15) is 0 Å². The van der Waals surface area contributed by atoms with E-state index >= 15 is 0 Å². The van der Waals surface area contributed by atoms with Crippen molar-refractivity contribution in [2.75, 3.05) is 0 Å². The Morgan fingerprint density at radius 2 is 1.89 bits per heavy atom. The Balaban J connectivity index is 2.73. The molecule has 0 bridgehead atoms. The van der Waals surface area contributed by atoms with Gasteiger partial charge in [0.2, 0.25) is 6.29 Å². The highest BCUT2D eigenvalue weighted by Crippen LogP contribution is 2.35. The summed E-state index contributed by atoms with van der Waals surface area (Å²) in [4.78, 5) is 22.2. The zero-order valence-corrected chi connectivity index (χ0v) is 12.3. The summed E-state index contributed by atoms with van der Waals surface area (Å²) in [6, 6.07) is 0. The summed E-state index contributed by atoms with van der Waals surface area (Å²) in [5, 5.41) is 0. The first-order valence-electron chi connectivity index (χ1n) is 6.85. The lowest BCUT2D eigenvalue weighted by Gasteiger charge is -2.23. The molecule has 110 valence electrons. The van der Waals surface area contributed by atoms with Crippen molar-refractivity contribution in [2.24, 2.45) is 11.8 Å². The third kappa shape index (κ3) is 4.49. The van der Waals surface area contributed by atoms with Crippen LogP contribution in [0.4, 0.5) is 0 Å². The standard InChI is InChI=1S/C14H24O5/c1-6-8(2)13-7-12(9(3)17-10(4)15)14(19-13)18-11(5)16/h8-9,12-14H,6-7H2,1-5H3/t8-,9+,12-,13-,14?/m0/s1. The van der Waals surface area contributed by atoms with E-state index in [2.05, 4.69) is 13.8 Å². The molecule has 1 saturated heterocycles. The van der Waals surface area contributed by atoms with Gasteiger partial charge in [-0.15, -0.1) is 0 Å². The van der Waals surface area contributed by atoms with Gasteiger partial charge in [-0.25, -0.2) is 0 Å². The van der Waals surface area contributed by atoms with Crippen LogP contribution >= 0.6 is 0 Å². The molecule has 0 aromatic heterocycles. The molecule has 1 fully saturated rings. The highest BCUT2D eigenvalue weighted by Gasteiger charge is 2.43. The van der Waals surface area contributed by atoms with Crippen LogP contribution in [-0.4, -0.2) is 30.4 Å². The monoisotopic (exact) mass is 272 g/mol. The van der Waals surface area contributed by atoms with Crippen LogP contribution in [0.2, 0.25) is 0 Å². The molecule has 1 heterocycles. The summed E-state index contributed by atoms with van der Waals surface area (Å²) in [6.07, 6.45) is 0.826. The van der Waals surface area contributed by atoms with E-state index < -0.39 is 6.29 Å². The predicted molar refractivity (Wildman–Crippen MR) is 69.2 cm³/mol. The maximum absolute atomic E-state index is 11.1. The molecule has 1 unspecified atom stereocenters. The van der Waals surface area contributed by atoms with E-state index in [1.807, 2.05) is 6.92 Å². The van der Waals surface area contributed by atoms with E-state index in [1.165, 1.54) is 13.8 Å². The SMILES string of the molecule is CC[C@H](C)[C@@H]1C[C@@H]([C@@H](C)OC(C)=O)C(OC(C)=O)O1. The van der Waals surface area contributed by atoms with Crippen molar-refractivity contribution in [1.29, 1.82) is 0 Å². The van der Waals surface area contributed by atoms with Crippen LogP contribution in [0.5, 0.6) is 0 Å². The summed E-state index contributed by atoms with van der Waals surface area (Å²) in [5.74, 6) is -0.435. The first-order valence-corrected chi connectivity index (χ1v) is 6.85. The van der Waals surface area contributed by atoms with Crippen molar-refractivity contribution < 1.29 is 23.8 Å². The highest BCUT2D eigenvalue weighted by molar-refractivity contribution is 5.66. The lowest BCUT2D eigenvalue weighted by atomic mass is 9.92. The first-order chi connectivity index (χ1) is 8.85. The van der Waals surface area contributed by atoms with Gasteiger partial charge in [0, 0.05) is 13.8 Å². The second-order valence-electron chi connectivity index (χ2n) is 5.25. The van der Waals surface area contributed by atoms with Crippen molar-refractivity contribution in [3.63, 3.8) is 0 Å². The molecule has 1 aliphatic rings. The lowest BCUT2D eigenvalue weighted by molar-refractivity contribution is -0.189. The fourth-order valence-electron chi connectivity index (χ4n) is 2.38. The van der Waals surface area contributed by atoms with Gasteiger partial charge in [-0.1, -0.05) is 20.3 Å². The van der Waals surface area contributed by atoms with E-state index in [-0.39, 0.29) is 30.1 Å². The molecule has 0 radical (unpaired) electrons. The molecule has 0 aromatic rings. The van der Waals surface area contributed by atoms with Crippen LogP contribution in [-0.2, 0) is 23.8 Å². The molecule has 5 atom stereocenters. The maximum atomic E-state index is 11.1. The highest BCUT2D eigenvalue weighted by atomic mass is 16.7. The van der Waals surface area contributed by atoms with Gasteiger partial charge in [0.05, 0.1) is 12.0 Å². The van der Waals surface area contributed by atoms with Crippen LogP contribution in [0.3, 0.4) is 0 Å². The van der Waals surface area contributed by atoms with Crippen molar-refractivity contribution in [3.05, 3.63) is 0 Å². The minimum atomic E-state index is -0.620. The van der Waals surface area contributed by atoms with Crippen LogP contribution in [0.25, 0.3) is 0 Å². The molecule has 0 aromatic carbocycles. The number of hydrogen-bond acceptors (Lipinski definition) is 5. The van der Waals surface area contributed by atoms with E-state index in [1.54, 1.807) is 0 Å². The molecular weight excluding hydrogens is 248 g/mol. The van der Waals surface area contributed by atoms with Crippen molar-refractivity contribution in [1.82, 2.24) is 0 Å². The molecular formula is C14H24O5. The van der Waals surface area contributed by atoms with Crippen molar-refractivity contribution in [3.8, 4) is 0 Å². The maximum Gasteiger partial charge on any atom is 0.304 e. The van der Waals surface area contributed by atoms with Crippen LogP contribution < -0.4 is 0 Å². The van der Waals surface area contributed by atoms with Gasteiger partial charge < -0.3 is 14.2 Å². The Morgan fingerprint density at radius 3 is 2.37 bits per heavy atom. The van der Waals surface area contributed by atoms with E-state index in [0.717, 1.165) is 12.8 Å².